The van der Waals surface area contributed by atoms with Crippen LogP contribution < -0.4 is 22.1 Å². The number of rotatable bonds is 11. The number of carbonyl (C=O) groups excluding carboxylic acids is 3. The Labute approximate surface area is 171 Å². The van der Waals surface area contributed by atoms with Crippen LogP contribution in [0.4, 0.5) is 0 Å². The second-order valence-electron chi connectivity index (χ2n) is 7.87. The fraction of sp³-hybridized carbons (Fsp3) is 0.789. The molecule has 4 unspecified atom stereocenters. The van der Waals surface area contributed by atoms with E-state index in [0.29, 0.717) is 45.2 Å². The minimum atomic E-state index is -1.05. The second-order valence-corrected chi connectivity index (χ2v) is 7.87. The Bertz CT molecular complexity index is 598. The molecule has 0 saturated carbocycles. The number of nitrogens with two attached hydrogens (primary N) is 2. The number of unbranched alkanes of at least 4 members (excludes halogenated alkanes) is 1. The molecule has 7 N–H and O–H groups in total. The van der Waals surface area contributed by atoms with Crippen molar-refractivity contribution >= 4 is 23.7 Å². The molecule has 1 rings (SSSR count). The SMILES string of the molecule is CC(NC(=O)C(CCCCN)NC(=O)C(N)C(C)C)C(=O)N1CCCC1C(=O)O. The van der Waals surface area contributed by atoms with E-state index in [9.17, 15) is 24.3 Å². The molecule has 0 radical (unpaired) electrons. The molecular weight excluding hydrogens is 378 g/mol. The first-order chi connectivity index (χ1) is 13.6. The number of amides is 3. The van der Waals surface area contributed by atoms with Crippen LogP contribution >= 0.6 is 0 Å². The van der Waals surface area contributed by atoms with Crippen molar-refractivity contribution in [1.82, 2.24) is 15.5 Å². The smallest absolute Gasteiger partial charge is 0.326 e. The highest BCUT2D eigenvalue weighted by Gasteiger charge is 2.37. The van der Waals surface area contributed by atoms with Crippen molar-refractivity contribution in [3.8, 4) is 0 Å². The van der Waals surface area contributed by atoms with Crippen LogP contribution in [0.15, 0.2) is 0 Å². The zero-order valence-electron chi connectivity index (χ0n) is 17.5. The van der Waals surface area contributed by atoms with Crippen LogP contribution in [0.5, 0.6) is 0 Å². The highest BCUT2D eigenvalue weighted by Crippen LogP contribution is 2.18. The molecule has 0 aromatic heterocycles. The molecule has 10 nitrogen and oxygen atoms in total. The summed E-state index contributed by atoms with van der Waals surface area (Å²) in [5, 5.41) is 14.5. The third kappa shape index (κ3) is 7.28. The zero-order valence-corrected chi connectivity index (χ0v) is 17.5. The molecule has 166 valence electrons. The Morgan fingerprint density at radius 3 is 2.31 bits per heavy atom. The van der Waals surface area contributed by atoms with Gasteiger partial charge in [-0.2, -0.15) is 0 Å². The second kappa shape index (κ2) is 11.7. The third-order valence-corrected chi connectivity index (χ3v) is 5.15. The van der Waals surface area contributed by atoms with Gasteiger partial charge in [-0.3, -0.25) is 14.4 Å². The first-order valence-corrected chi connectivity index (χ1v) is 10.2. The monoisotopic (exact) mass is 413 g/mol. The predicted molar refractivity (Wildman–Crippen MR) is 108 cm³/mol. The lowest BCUT2D eigenvalue weighted by Gasteiger charge is -2.27. The maximum atomic E-state index is 12.7. The van der Waals surface area contributed by atoms with E-state index in [0.717, 1.165) is 0 Å². The number of carbonyl (C=O) groups is 4. The molecule has 10 heteroatoms. The van der Waals surface area contributed by atoms with Gasteiger partial charge in [-0.05, 0) is 51.5 Å². The van der Waals surface area contributed by atoms with Crippen LogP contribution in [-0.4, -0.2) is 71.0 Å². The summed E-state index contributed by atoms with van der Waals surface area (Å²) in [5.74, 6) is -2.53. The molecule has 0 bridgehead atoms. The minimum absolute atomic E-state index is 0.0913. The largest absolute Gasteiger partial charge is 0.480 e. The average Bonchev–Trinajstić information content (AvgIpc) is 3.15. The molecule has 1 fully saturated rings. The van der Waals surface area contributed by atoms with Gasteiger partial charge in [0.15, 0.2) is 0 Å². The number of carboxylic acid groups (broad SMARTS) is 1. The van der Waals surface area contributed by atoms with Gasteiger partial charge in [0.25, 0.3) is 0 Å². The van der Waals surface area contributed by atoms with E-state index in [1.165, 1.54) is 11.8 Å². The Kier molecular flexibility index (Phi) is 10.0. The highest BCUT2D eigenvalue weighted by molar-refractivity contribution is 5.94. The molecule has 1 heterocycles. The standard InChI is InChI=1S/C19H35N5O5/c1-11(2)15(21)17(26)23-13(7-4-5-9-20)16(25)22-12(3)18(27)24-10-6-8-14(24)19(28)29/h11-15H,4-10,20-21H2,1-3H3,(H,22,25)(H,23,26)(H,28,29). The highest BCUT2D eigenvalue weighted by atomic mass is 16.4. The van der Waals surface area contributed by atoms with Crippen LogP contribution in [-0.2, 0) is 19.2 Å². The summed E-state index contributed by atoms with van der Waals surface area (Å²) in [6, 6.07) is -3.37. The molecular formula is C19H35N5O5. The molecule has 0 aromatic carbocycles. The summed E-state index contributed by atoms with van der Waals surface area (Å²) < 4.78 is 0. The summed E-state index contributed by atoms with van der Waals surface area (Å²) in [5.41, 5.74) is 11.4. The van der Waals surface area contributed by atoms with E-state index in [-0.39, 0.29) is 5.92 Å². The predicted octanol–water partition coefficient (Wildman–Crippen LogP) is -0.836. The van der Waals surface area contributed by atoms with Gasteiger partial charge in [0.1, 0.15) is 18.1 Å². The van der Waals surface area contributed by atoms with Crippen molar-refractivity contribution in [1.29, 1.82) is 0 Å². The van der Waals surface area contributed by atoms with Gasteiger partial charge in [0, 0.05) is 6.54 Å². The molecule has 0 aromatic rings. The lowest BCUT2D eigenvalue weighted by atomic mass is 10.0. The lowest BCUT2D eigenvalue weighted by Crippen LogP contribution is -2.56. The third-order valence-electron chi connectivity index (χ3n) is 5.15. The van der Waals surface area contributed by atoms with Crippen molar-refractivity contribution in [2.45, 2.75) is 77.0 Å². The normalized spacial score (nSPS) is 19.5. The number of aliphatic carboxylic acids is 1. The summed E-state index contributed by atoms with van der Waals surface area (Å²) in [4.78, 5) is 50.2. The van der Waals surface area contributed by atoms with Crippen LogP contribution in [0.3, 0.4) is 0 Å². The number of likely N-dealkylation sites (tertiary alicyclic amines) is 1. The van der Waals surface area contributed by atoms with Crippen LogP contribution in [0, 0.1) is 5.92 Å². The molecule has 0 aliphatic carbocycles. The van der Waals surface area contributed by atoms with Crippen LogP contribution in [0.1, 0.15) is 52.9 Å². The molecule has 3 amide bonds. The van der Waals surface area contributed by atoms with E-state index >= 15 is 0 Å². The van der Waals surface area contributed by atoms with Gasteiger partial charge in [0.2, 0.25) is 17.7 Å². The van der Waals surface area contributed by atoms with Crippen molar-refractivity contribution in [2.24, 2.45) is 17.4 Å². The van der Waals surface area contributed by atoms with Gasteiger partial charge in [0.05, 0.1) is 6.04 Å². The van der Waals surface area contributed by atoms with Crippen molar-refractivity contribution in [3.05, 3.63) is 0 Å². The van der Waals surface area contributed by atoms with E-state index in [4.69, 9.17) is 11.5 Å². The van der Waals surface area contributed by atoms with Crippen molar-refractivity contribution in [2.75, 3.05) is 13.1 Å². The molecule has 0 spiro atoms. The number of hydrogen-bond donors (Lipinski definition) is 5. The Morgan fingerprint density at radius 2 is 1.76 bits per heavy atom. The number of nitrogens with zero attached hydrogens (tertiary/aromatic N) is 1. The summed E-state index contributed by atoms with van der Waals surface area (Å²) >= 11 is 0. The summed E-state index contributed by atoms with van der Waals surface area (Å²) in [6.45, 7) is 5.94. The zero-order chi connectivity index (χ0) is 22.1. The van der Waals surface area contributed by atoms with Crippen molar-refractivity contribution < 1.29 is 24.3 Å². The maximum absolute atomic E-state index is 12.7. The van der Waals surface area contributed by atoms with Gasteiger partial charge in [-0.1, -0.05) is 13.8 Å². The maximum Gasteiger partial charge on any atom is 0.326 e. The molecule has 1 aliphatic heterocycles. The Morgan fingerprint density at radius 1 is 1.10 bits per heavy atom. The van der Waals surface area contributed by atoms with E-state index in [2.05, 4.69) is 10.6 Å². The van der Waals surface area contributed by atoms with Gasteiger partial charge in [-0.25, -0.2) is 4.79 Å². The van der Waals surface area contributed by atoms with Gasteiger partial charge in [-0.15, -0.1) is 0 Å². The fourth-order valence-corrected chi connectivity index (χ4v) is 3.24. The number of carboxylic acids is 1. The number of nitrogens with one attached hydrogen (secondary N) is 2. The first-order valence-electron chi connectivity index (χ1n) is 10.2. The molecule has 1 saturated heterocycles. The summed E-state index contributed by atoms with van der Waals surface area (Å²) in [6.07, 6.45) is 2.68. The van der Waals surface area contributed by atoms with E-state index < -0.39 is 47.9 Å². The topological polar surface area (TPSA) is 168 Å². The van der Waals surface area contributed by atoms with E-state index in [1.54, 1.807) is 0 Å². The lowest BCUT2D eigenvalue weighted by molar-refractivity contribution is -0.149. The summed E-state index contributed by atoms with van der Waals surface area (Å²) in [7, 11) is 0. The quantitative estimate of drug-likeness (QED) is 0.275. The Balaban J connectivity index is 2.77. The molecule has 29 heavy (non-hydrogen) atoms. The first kappa shape index (κ1) is 24.8. The number of hydrogen-bond acceptors (Lipinski definition) is 6. The minimum Gasteiger partial charge on any atom is -0.480 e. The van der Waals surface area contributed by atoms with Crippen LogP contribution in [0.2, 0.25) is 0 Å². The van der Waals surface area contributed by atoms with Gasteiger partial charge >= 0.3 is 5.97 Å². The van der Waals surface area contributed by atoms with Crippen molar-refractivity contribution in [3.63, 3.8) is 0 Å². The average molecular weight is 414 g/mol. The molecule has 4 atom stereocenters. The fourth-order valence-electron chi connectivity index (χ4n) is 3.24. The Hall–Kier alpha value is -2.20. The van der Waals surface area contributed by atoms with Crippen LogP contribution in [0.25, 0.3) is 0 Å². The van der Waals surface area contributed by atoms with E-state index in [1.807, 2.05) is 13.8 Å². The van der Waals surface area contributed by atoms with Gasteiger partial charge < -0.3 is 32.1 Å². The molecule has 1 aliphatic rings.